The number of furan rings is 1. The van der Waals surface area contributed by atoms with Gasteiger partial charge in [-0.15, -0.1) is 0 Å². The summed E-state index contributed by atoms with van der Waals surface area (Å²) in [5.41, 5.74) is 1.04. The topological polar surface area (TPSA) is 103 Å². The highest BCUT2D eigenvalue weighted by atomic mass is 32.2. The van der Waals surface area contributed by atoms with E-state index in [-0.39, 0.29) is 29.3 Å². The Morgan fingerprint density at radius 1 is 1.22 bits per heavy atom. The molecule has 0 bridgehead atoms. The van der Waals surface area contributed by atoms with Gasteiger partial charge in [0.2, 0.25) is 10.0 Å². The van der Waals surface area contributed by atoms with Crippen LogP contribution in [0.3, 0.4) is 0 Å². The number of methoxy groups -OCH3 is 1. The van der Waals surface area contributed by atoms with Crippen molar-refractivity contribution in [3.63, 3.8) is 0 Å². The number of nitrogens with zero attached hydrogens (tertiary/aromatic N) is 2. The predicted octanol–water partition coefficient (Wildman–Crippen LogP) is 1.80. The van der Waals surface area contributed by atoms with Crippen molar-refractivity contribution in [1.82, 2.24) is 14.5 Å². The van der Waals surface area contributed by atoms with Crippen LogP contribution >= 0.6 is 0 Å². The van der Waals surface area contributed by atoms with Crippen molar-refractivity contribution in [3.05, 3.63) is 64.6 Å². The molecule has 3 rings (SSSR count). The third-order valence-electron chi connectivity index (χ3n) is 3.86. The molecule has 2 aromatic heterocycles. The van der Waals surface area contributed by atoms with Crippen LogP contribution < -0.4 is 15.0 Å². The average molecular weight is 389 g/mol. The molecule has 8 nitrogen and oxygen atoms in total. The molecule has 0 aliphatic carbocycles. The molecule has 0 atom stereocenters. The molecule has 0 radical (unpaired) electrons. The summed E-state index contributed by atoms with van der Waals surface area (Å²) in [6.45, 7) is 1.91. The van der Waals surface area contributed by atoms with Gasteiger partial charge in [-0.2, -0.15) is 5.10 Å². The number of aryl methyl sites for hydroxylation is 1. The zero-order valence-electron chi connectivity index (χ0n) is 14.9. The average Bonchev–Trinajstić information content (AvgIpc) is 3.17. The highest BCUT2D eigenvalue weighted by molar-refractivity contribution is 7.89. The van der Waals surface area contributed by atoms with E-state index in [2.05, 4.69) is 9.82 Å². The number of ether oxygens (including phenoxy) is 1. The summed E-state index contributed by atoms with van der Waals surface area (Å²) in [6, 6.07) is 11.2. The van der Waals surface area contributed by atoms with Crippen molar-refractivity contribution in [2.45, 2.75) is 18.4 Å². The predicted molar refractivity (Wildman–Crippen MR) is 99.1 cm³/mol. The number of rotatable bonds is 7. The lowest BCUT2D eigenvalue weighted by Crippen LogP contribution is -2.32. The second-order valence-corrected chi connectivity index (χ2v) is 7.54. The quantitative estimate of drug-likeness (QED) is 0.661. The van der Waals surface area contributed by atoms with Crippen LogP contribution in [0.4, 0.5) is 0 Å². The van der Waals surface area contributed by atoms with Crippen molar-refractivity contribution in [2.24, 2.45) is 0 Å². The summed E-state index contributed by atoms with van der Waals surface area (Å²) in [5.74, 6) is 0.784. The molecule has 1 aromatic carbocycles. The normalized spacial score (nSPS) is 11.5. The van der Waals surface area contributed by atoms with Crippen LogP contribution in [0, 0.1) is 6.92 Å². The van der Waals surface area contributed by atoms with E-state index in [4.69, 9.17) is 9.15 Å². The summed E-state index contributed by atoms with van der Waals surface area (Å²) in [7, 11) is -2.38. The van der Waals surface area contributed by atoms with E-state index in [1.54, 1.807) is 30.3 Å². The summed E-state index contributed by atoms with van der Waals surface area (Å²) in [6.07, 6.45) is 1.51. The van der Waals surface area contributed by atoms with Crippen molar-refractivity contribution in [1.29, 1.82) is 0 Å². The first-order valence-corrected chi connectivity index (χ1v) is 9.65. The lowest BCUT2D eigenvalue weighted by Gasteiger charge is -2.12. The van der Waals surface area contributed by atoms with Crippen molar-refractivity contribution < 1.29 is 17.6 Å². The zero-order chi connectivity index (χ0) is 19.4. The Bertz CT molecular complexity index is 1090. The van der Waals surface area contributed by atoms with Crippen LogP contribution in [0.2, 0.25) is 0 Å². The van der Waals surface area contributed by atoms with E-state index >= 15 is 0 Å². The molecule has 2 heterocycles. The minimum absolute atomic E-state index is 0.00607. The number of aromatic nitrogens is 2. The molecule has 3 aromatic rings. The molecule has 0 fully saturated rings. The summed E-state index contributed by atoms with van der Waals surface area (Å²) in [4.78, 5) is 12.0. The minimum Gasteiger partial charge on any atom is -0.495 e. The molecule has 1 N–H and O–H groups in total. The van der Waals surface area contributed by atoms with E-state index in [1.807, 2.05) is 6.92 Å². The molecule has 0 amide bonds. The van der Waals surface area contributed by atoms with Gasteiger partial charge in [-0.25, -0.2) is 17.8 Å². The third-order valence-corrected chi connectivity index (χ3v) is 5.37. The van der Waals surface area contributed by atoms with Gasteiger partial charge in [0.15, 0.2) is 5.76 Å². The highest BCUT2D eigenvalue weighted by Crippen LogP contribution is 2.24. The van der Waals surface area contributed by atoms with Gasteiger partial charge in [-0.3, -0.25) is 4.79 Å². The molecule has 142 valence electrons. The first-order valence-electron chi connectivity index (χ1n) is 8.17. The van der Waals surface area contributed by atoms with Crippen molar-refractivity contribution in [2.75, 3.05) is 13.7 Å². The molecule has 0 aliphatic rings. The second-order valence-electron chi connectivity index (χ2n) is 5.81. The number of hydrogen-bond acceptors (Lipinski definition) is 6. The first-order chi connectivity index (χ1) is 12.9. The molecule has 0 saturated carbocycles. The largest absolute Gasteiger partial charge is 0.495 e. The monoisotopic (exact) mass is 389 g/mol. The minimum atomic E-state index is -3.79. The lowest BCUT2D eigenvalue weighted by atomic mass is 10.2. The summed E-state index contributed by atoms with van der Waals surface area (Å²) in [5, 5.41) is 4.20. The van der Waals surface area contributed by atoms with Gasteiger partial charge in [0.1, 0.15) is 16.3 Å². The fourth-order valence-electron chi connectivity index (χ4n) is 2.53. The summed E-state index contributed by atoms with van der Waals surface area (Å²) >= 11 is 0. The van der Waals surface area contributed by atoms with Crippen LogP contribution in [0.5, 0.6) is 5.75 Å². The molecule has 0 aliphatic heterocycles. The molecule has 0 unspecified atom stereocenters. The maximum Gasteiger partial charge on any atom is 0.266 e. The van der Waals surface area contributed by atoms with Crippen molar-refractivity contribution >= 4 is 10.0 Å². The van der Waals surface area contributed by atoms with Crippen LogP contribution in [-0.4, -0.2) is 31.9 Å². The molecule has 27 heavy (non-hydrogen) atoms. The van der Waals surface area contributed by atoms with E-state index in [0.717, 1.165) is 5.56 Å². The Labute approximate surface area is 156 Å². The SMILES string of the molecule is COc1cc(C)ccc1S(=O)(=O)NCCn1nc(-c2ccco2)ccc1=O. The van der Waals surface area contributed by atoms with Crippen LogP contribution in [0.25, 0.3) is 11.5 Å². The fraction of sp³-hybridized carbons (Fsp3) is 0.222. The number of hydrogen-bond donors (Lipinski definition) is 1. The number of benzene rings is 1. The Balaban J connectivity index is 1.74. The van der Waals surface area contributed by atoms with Gasteiger partial charge in [-0.05, 0) is 42.8 Å². The lowest BCUT2D eigenvalue weighted by molar-refractivity contribution is 0.402. The van der Waals surface area contributed by atoms with Crippen LogP contribution in [0.1, 0.15) is 5.56 Å². The smallest absolute Gasteiger partial charge is 0.266 e. The number of sulfonamides is 1. The molecule has 0 saturated heterocycles. The third kappa shape index (κ3) is 4.26. The van der Waals surface area contributed by atoms with E-state index in [9.17, 15) is 13.2 Å². The van der Waals surface area contributed by atoms with Gasteiger partial charge >= 0.3 is 0 Å². The van der Waals surface area contributed by atoms with Crippen LogP contribution in [0.15, 0.2) is 62.8 Å². The molecular formula is C18H19N3O5S. The van der Waals surface area contributed by atoms with Gasteiger partial charge < -0.3 is 9.15 Å². The fourth-order valence-corrected chi connectivity index (χ4v) is 3.70. The van der Waals surface area contributed by atoms with E-state index < -0.39 is 10.0 Å². The Hall–Kier alpha value is -2.91. The highest BCUT2D eigenvalue weighted by Gasteiger charge is 2.19. The van der Waals surface area contributed by atoms with E-state index in [1.165, 1.54) is 30.2 Å². The Kier molecular flexibility index (Phi) is 5.43. The van der Waals surface area contributed by atoms with Crippen molar-refractivity contribution in [3.8, 4) is 17.2 Å². The van der Waals surface area contributed by atoms with E-state index in [0.29, 0.717) is 11.5 Å². The summed E-state index contributed by atoms with van der Waals surface area (Å²) < 4.78 is 39.2. The Morgan fingerprint density at radius 3 is 2.74 bits per heavy atom. The van der Waals surface area contributed by atoms with Crippen LogP contribution in [-0.2, 0) is 16.6 Å². The van der Waals surface area contributed by atoms with Gasteiger partial charge in [0, 0.05) is 12.6 Å². The molecule has 0 spiro atoms. The molecule has 9 heteroatoms. The number of nitrogens with one attached hydrogen (secondary N) is 1. The molecular weight excluding hydrogens is 370 g/mol. The van der Waals surface area contributed by atoms with Gasteiger partial charge in [0.25, 0.3) is 5.56 Å². The maximum atomic E-state index is 12.5. The maximum absolute atomic E-state index is 12.5. The van der Waals surface area contributed by atoms with Gasteiger partial charge in [-0.1, -0.05) is 6.07 Å². The Morgan fingerprint density at radius 2 is 2.04 bits per heavy atom. The first kappa shape index (κ1) is 18.9. The standard InChI is InChI=1S/C18H19N3O5S/c1-13-5-7-17(16(12-13)25-2)27(23,24)19-9-10-21-18(22)8-6-14(20-21)15-4-3-11-26-15/h3-8,11-12,19H,9-10H2,1-2H3. The zero-order valence-corrected chi connectivity index (χ0v) is 15.7. The second kappa shape index (κ2) is 7.77. The van der Waals surface area contributed by atoms with Gasteiger partial charge in [0.05, 0.1) is 19.9 Å².